The topological polar surface area (TPSA) is 58.3 Å². The minimum absolute atomic E-state index is 0.0977. The van der Waals surface area contributed by atoms with E-state index in [9.17, 15) is 5.11 Å². The lowest BCUT2D eigenvalue weighted by Crippen LogP contribution is -2.32. The Kier molecular flexibility index (Phi) is 3.19. The Bertz CT molecular complexity index is 523. The lowest BCUT2D eigenvalue weighted by Gasteiger charge is -2.22. The lowest BCUT2D eigenvalue weighted by molar-refractivity contribution is 0.144. The van der Waals surface area contributed by atoms with Gasteiger partial charge in [-0.15, -0.1) is 0 Å². The maximum Gasteiger partial charge on any atom is 0.139 e. The Balaban J connectivity index is 1.84. The number of anilines is 1. The zero-order valence-electron chi connectivity index (χ0n) is 10.3. The van der Waals surface area contributed by atoms with Crippen molar-refractivity contribution >= 4 is 16.8 Å². The van der Waals surface area contributed by atoms with Crippen LogP contribution in [0, 0.1) is 0 Å². The second kappa shape index (κ2) is 4.98. The molecule has 1 aliphatic rings. The maximum atomic E-state index is 10.1. The van der Waals surface area contributed by atoms with E-state index in [1.54, 1.807) is 12.5 Å². The molecule has 2 aromatic heterocycles. The van der Waals surface area contributed by atoms with Gasteiger partial charge in [-0.2, -0.15) is 0 Å². The summed E-state index contributed by atoms with van der Waals surface area (Å²) >= 11 is 0. The van der Waals surface area contributed by atoms with Crippen LogP contribution in [0.3, 0.4) is 0 Å². The molecule has 0 bridgehead atoms. The third-order valence-corrected chi connectivity index (χ3v) is 3.68. The van der Waals surface area contributed by atoms with Crippen molar-refractivity contribution in [3.8, 4) is 0 Å². The third kappa shape index (κ3) is 2.20. The zero-order chi connectivity index (χ0) is 12.4. The number of hydrogen-bond donors (Lipinski definition) is 2. The average Bonchev–Trinajstić information content (AvgIpc) is 2.77. The molecule has 2 aromatic rings. The molecule has 4 heteroatoms. The molecular weight excluding hydrogens is 228 g/mol. The van der Waals surface area contributed by atoms with Crippen LogP contribution < -0.4 is 5.32 Å². The van der Waals surface area contributed by atoms with Crippen molar-refractivity contribution in [1.82, 2.24) is 4.98 Å². The maximum absolute atomic E-state index is 10.1. The fraction of sp³-hybridized carbons (Fsp3) is 0.500. The molecule has 1 saturated carbocycles. The van der Waals surface area contributed by atoms with Crippen LogP contribution in [0.5, 0.6) is 0 Å². The highest BCUT2D eigenvalue weighted by molar-refractivity contribution is 5.87. The van der Waals surface area contributed by atoms with Crippen LogP contribution in [0.1, 0.15) is 32.1 Å². The molecule has 2 N–H and O–H groups in total. The Morgan fingerprint density at radius 3 is 3.06 bits per heavy atom. The summed E-state index contributed by atoms with van der Waals surface area (Å²) in [5.41, 5.74) is 0.829. The Morgan fingerprint density at radius 1 is 1.22 bits per heavy atom. The summed E-state index contributed by atoms with van der Waals surface area (Å²) in [5.74, 6) is 0.812. The van der Waals surface area contributed by atoms with Crippen molar-refractivity contribution in [2.45, 2.75) is 44.2 Å². The first-order valence-corrected chi connectivity index (χ1v) is 6.61. The van der Waals surface area contributed by atoms with Crippen molar-refractivity contribution in [2.24, 2.45) is 0 Å². The molecule has 1 aliphatic carbocycles. The van der Waals surface area contributed by atoms with Crippen LogP contribution in [0.2, 0.25) is 0 Å². The molecule has 18 heavy (non-hydrogen) atoms. The summed E-state index contributed by atoms with van der Waals surface area (Å²) in [4.78, 5) is 4.36. The first-order valence-electron chi connectivity index (χ1n) is 6.61. The number of aliphatic hydroxyl groups is 1. The van der Waals surface area contributed by atoms with Crippen LogP contribution in [0.4, 0.5) is 5.82 Å². The molecule has 1 fully saturated rings. The van der Waals surface area contributed by atoms with E-state index >= 15 is 0 Å². The number of furan rings is 1. The number of nitrogens with zero attached hydrogens (tertiary/aromatic N) is 1. The van der Waals surface area contributed by atoms with Crippen molar-refractivity contribution in [3.05, 3.63) is 24.6 Å². The summed E-state index contributed by atoms with van der Waals surface area (Å²) in [6.45, 7) is 0. The van der Waals surface area contributed by atoms with Gasteiger partial charge < -0.3 is 14.8 Å². The predicted octanol–water partition coefficient (Wildman–Crippen LogP) is 2.93. The van der Waals surface area contributed by atoms with Gasteiger partial charge >= 0.3 is 0 Å². The molecule has 0 aliphatic heterocycles. The monoisotopic (exact) mass is 246 g/mol. The van der Waals surface area contributed by atoms with Crippen LogP contribution in [-0.4, -0.2) is 22.2 Å². The molecule has 2 heterocycles. The summed E-state index contributed by atoms with van der Waals surface area (Å²) < 4.78 is 5.36. The van der Waals surface area contributed by atoms with Gasteiger partial charge in [-0.05, 0) is 25.0 Å². The number of nitrogens with one attached hydrogen (secondary N) is 1. The van der Waals surface area contributed by atoms with Gasteiger partial charge in [0.05, 0.1) is 23.8 Å². The van der Waals surface area contributed by atoms with E-state index in [0.29, 0.717) is 0 Å². The van der Waals surface area contributed by atoms with Gasteiger partial charge in [0.25, 0.3) is 0 Å². The lowest BCUT2D eigenvalue weighted by atomic mass is 10.1. The number of fused-ring (bicyclic) bond motifs is 1. The summed E-state index contributed by atoms with van der Waals surface area (Å²) in [6.07, 6.45) is 8.47. The zero-order valence-corrected chi connectivity index (χ0v) is 10.3. The van der Waals surface area contributed by atoms with Crippen LogP contribution in [-0.2, 0) is 0 Å². The van der Waals surface area contributed by atoms with Crippen molar-refractivity contribution < 1.29 is 9.52 Å². The molecule has 2 unspecified atom stereocenters. The number of pyridine rings is 1. The van der Waals surface area contributed by atoms with Gasteiger partial charge in [0.2, 0.25) is 0 Å². The van der Waals surface area contributed by atoms with Gasteiger partial charge in [0, 0.05) is 6.20 Å². The van der Waals surface area contributed by atoms with E-state index in [4.69, 9.17) is 4.42 Å². The highest BCUT2D eigenvalue weighted by atomic mass is 16.3. The highest BCUT2D eigenvalue weighted by Crippen LogP contribution is 2.26. The minimum atomic E-state index is -0.281. The van der Waals surface area contributed by atoms with E-state index in [2.05, 4.69) is 10.3 Å². The molecule has 0 saturated heterocycles. The molecule has 0 amide bonds. The van der Waals surface area contributed by atoms with Crippen LogP contribution in [0.15, 0.2) is 29.0 Å². The highest BCUT2D eigenvalue weighted by Gasteiger charge is 2.22. The molecule has 0 spiro atoms. The quantitative estimate of drug-likeness (QED) is 0.800. The molecule has 96 valence electrons. The standard InChI is InChI=1S/C14H18N2O2/c17-12-5-3-1-2-4-11(12)16-14-10-7-9-18-13(10)6-8-15-14/h6-9,11-12,17H,1-5H2,(H,15,16). The smallest absolute Gasteiger partial charge is 0.139 e. The number of hydrogen-bond acceptors (Lipinski definition) is 4. The van der Waals surface area contributed by atoms with E-state index < -0.39 is 0 Å². The summed E-state index contributed by atoms with van der Waals surface area (Å²) in [5, 5.41) is 14.5. The normalized spacial score (nSPS) is 24.9. The second-order valence-electron chi connectivity index (χ2n) is 4.95. The van der Waals surface area contributed by atoms with Crippen LogP contribution >= 0.6 is 0 Å². The van der Waals surface area contributed by atoms with Gasteiger partial charge in [-0.3, -0.25) is 0 Å². The summed E-state index contributed by atoms with van der Waals surface area (Å²) in [6, 6.07) is 3.86. The predicted molar refractivity (Wildman–Crippen MR) is 70.5 cm³/mol. The molecule has 4 nitrogen and oxygen atoms in total. The van der Waals surface area contributed by atoms with Crippen LogP contribution in [0.25, 0.3) is 11.0 Å². The van der Waals surface area contributed by atoms with Gasteiger partial charge in [0.1, 0.15) is 11.4 Å². The second-order valence-corrected chi connectivity index (χ2v) is 4.95. The largest absolute Gasteiger partial charge is 0.464 e. The number of aliphatic hydroxyl groups excluding tert-OH is 1. The SMILES string of the molecule is OC1CCCCCC1Nc1nccc2occc12. The van der Waals surface area contributed by atoms with Crippen molar-refractivity contribution in [3.63, 3.8) is 0 Å². The number of rotatable bonds is 2. The van der Waals surface area contributed by atoms with Gasteiger partial charge in [-0.1, -0.05) is 19.3 Å². The van der Waals surface area contributed by atoms with E-state index in [0.717, 1.165) is 42.5 Å². The van der Waals surface area contributed by atoms with Gasteiger partial charge in [0.15, 0.2) is 0 Å². The first-order chi connectivity index (χ1) is 8.84. The minimum Gasteiger partial charge on any atom is -0.464 e. The fourth-order valence-corrected chi connectivity index (χ4v) is 2.64. The van der Waals surface area contributed by atoms with Crippen molar-refractivity contribution in [2.75, 3.05) is 5.32 Å². The van der Waals surface area contributed by atoms with E-state index in [1.165, 1.54) is 6.42 Å². The third-order valence-electron chi connectivity index (χ3n) is 3.68. The van der Waals surface area contributed by atoms with Crippen molar-refractivity contribution in [1.29, 1.82) is 0 Å². The Morgan fingerprint density at radius 2 is 2.11 bits per heavy atom. The number of aromatic nitrogens is 1. The Labute approximate surface area is 106 Å². The molecule has 0 aromatic carbocycles. The Hall–Kier alpha value is -1.55. The summed E-state index contributed by atoms with van der Waals surface area (Å²) in [7, 11) is 0. The average molecular weight is 246 g/mol. The molecule has 0 radical (unpaired) electrons. The van der Waals surface area contributed by atoms with E-state index in [-0.39, 0.29) is 12.1 Å². The van der Waals surface area contributed by atoms with E-state index in [1.807, 2.05) is 12.1 Å². The molecule has 3 rings (SSSR count). The fourth-order valence-electron chi connectivity index (χ4n) is 2.64. The first kappa shape index (κ1) is 11.5. The molecular formula is C14H18N2O2. The molecule has 2 atom stereocenters. The van der Waals surface area contributed by atoms with Gasteiger partial charge in [-0.25, -0.2) is 4.98 Å².